The van der Waals surface area contributed by atoms with Gasteiger partial charge in [-0.1, -0.05) is 6.92 Å². The average molecular weight is 190 g/mol. The summed E-state index contributed by atoms with van der Waals surface area (Å²) >= 11 is 0. The van der Waals surface area contributed by atoms with Gasteiger partial charge in [-0.2, -0.15) is 13.1 Å². The monoisotopic (exact) mass is 190 g/mol. The van der Waals surface area contributed by atoms with Crippen molar-refractivity contribution < 1.29 is 8.42 Å². The van der Waals surface area contributed by atoms with E-state index in [1.807, 2.05) is 0 Å². The van der Waals surface area contributed by atoms with Gasteiger partial charge in [0.05, 0.1) is 0 Å². The summed E-state index contributed by atoms with van der Waals surface area (Å²) in [6.45, 7) is 2.04. The predicted molar refractivity (Wildman–Crippen MR) is 44.8 cm³/mol. The Bertz CT molecular complexity index is 317. The topological polar surface area (TPSA) is 86.9 Å². The van der Waals surface area contributed by atoms with E-state index in [0.29, 0.717) is 6.54 Å². The maximum absolute atomic E-state index is 11.0. The molecule has 1 rings (SSSR count). The Hall–Kier alpha value is -1.08. The first-order chi connectivity index (χ1) is 5.64. The average Bonchev–Trinajstić information content (AvgIpc) is 2.38. The summed E-state index contributed by atoms with van der Waals surface area (Å²) in [4.78, 5) is 6.31. The number of aromatic nitrogens is 2. The van der Waals surface area contributed by atoms with Crippen LogP contribution in [0.5, 0.6) is 0 Å². The molecule has 0 aliphatic carbocycles. The molecule has 7 heteroatoms. The number of imidazole rings is 1. The highest BCUT2D eigenvalue weighted by Gasteiger charge is 2.07. The van der Waals surface area contributed by atoms with Gasteiger partial charge in [-0.25, -0.2) is 9.71 Å². The summed E-state index contributed by atoms with van der Waals surface area (Å²) in [5.74, 6) is 0.205. The molecule has 0 saturated heterocycles. The van der Waals surface area contributed by atoms with Gasteiger partial charge >= 0.3 is 10.2 Å². The molecule has 0 radical (unpaired) electrons. The summed E-state index contributed by atoms with van der Waals surface area (Å²) in [7, 11) is -3.45. The summed E-state index contributed by atoms with van der Waals surface area (Å²) in [5, 5.41) is 0. The van der Waals surface area contributed by atoms with Gasteiger partial charge in [0, 0.05) is 18.9 Å². The van der Waals surface area contributed by atoms with Crippen LogP contribution in [0.15, 0.2) is 12.4 Å². The summed E-state index contributed by atoms with van der Waals surface area (Å²) < 4.78 is 26.5. The molecule has 1 aromatic rings. The molecule has 0 amide bonds. The minimum atomic E-state index is -3.45. The summed E-state index contributed by atoms with van der Waals surface area (Å²) in [6.07, 6.45) is 2.99. The molecule has 0 aromatic carbocycles. The van der Waals surface area contributed by atoms with Gasteiger partial charge in [0.25, 0.3) is 0 Å². The zero-order valence-corrected chi connectivity index (χ0v) is 7.35. The molecule has 68 valence electrons. The Morgan fingerprint density at radius 2 is 2.42 bits per heavy atom. The van der Waals surface area contributed by atoms with Crippen LogP contribution < -0.4 is 9.44 Å². The molecule has 0 aliphatic heterocycles. The van der Waals surface area contributed by atoms with Gasteiger partial charge in [-0.15, -0.1) is 0 Å². The molecule has 3 N–H and O–H groups in total. The van der Waals surface area contributed by atoms with E-state index < -0.39 is 10.2 Å². The van der Waals surface area contributed by atoms with Crippen molar-refractivity contribution in [1.29, 1.82) is 0 Å². The fourth-order valence-corrected chi connectivity index (χ4v) is 1.49. The van der Waals surface area contributed by atoms with Crippen molar-refractivity contribution in [3.63, 3.8) is 0 Å². The van der Waals surface area contributed by atoms with Crippen LogP contribution in [0.25, 0.3) is 0 Å². The number of anilines is 1. The Labute approximate surface area is 70.6 Å². The van der Waals surface area contributed by atoms with Crippen molar-refractivity contribution in [3.8, 4) is 0 Å². The Balaban J connectivity index is 2.63. The molecule has 1 aromatic heterocycles. The van der Waals surface area contributed by atoms with E-state index in [4.69, 9.17) is 0 Å². The standard InChI is InChI=1S/C5H10N4O2S/c1-2-8-12(10,11)9-5-6-3-4-7-5/h3-4,8H,2H2,1H3,(H2,6,7,9). The maximum atomic E-state index is 11.0. The quantitative estimate of drug-likeness (QED) is 0.608. The fraction of sp³-hybridized carbons (Fsp3) is 0.400. The van der Waals surface area contributed by atoms with Crippen molar-refractivity contribution in [2.24, 2.45) is 0 Å². The van der Waals surface area contributed by atoms with Crippen LogP contribution in [0.4, 0.5) is 5.95 Å². The third-order valence-electron chi connectivity index (χ3n) is 1.06. The number of hydrogen-bond acceptors (Lipinski definition) is 3. The van der Waals surface area contributed by atoms with E-state index >= 15 is 0 Å². The first-order valence-corrected chi connectivity index (χ1v) is 4.89. The van der Waals surface area contributed by atoms with Gasteiger partial charge in [0.15, 0.2) is 0 Å². The minimum Gasteiger partial charge on any atom is -0.330 e. The van der Waals surface area contributed by atoms with Crippen LogP contribution in [-0.4, -0.2) is 24.9 Å². The molecule has 0 saturated carbocycles. The summed E-state index contributed by atoms with van der Waals surface area (Å²) in [6, 6.07) is 0. The number of nitrogens with one attached hydrogen (secondary N) is 3. The molecule has 0 bridgehead atoms. The molecule has 0 unspecified atom stereocenters. The van der Waals surface area contributed by atoms with Gasteiger partial charge in [-0.3, -0.25) is 0 Å². The van der Waals surface area contributed by atoms with E-state index in [2.05, 4.69) is 19.4 Å². The van der Waals surface area contributed by atoms with Crippen molar-refractivity contribution in [2.45, 2.75) is 6.92 Å². The molecular formula is C5H10N4O2S. The lowest BCUT2D eigenvalue weighted by molar-refractivity contribution is 0.589. The number of aromatic amines is 1. The molecule has 6 nitrogen and oxygen atoms in total. The van der Waals surface area contributed by atoms with Crippen LogP contribution in [0.1, 0.15) is 6.92 Å². The highest BCUT2D eigenvalue weighted by atomic mass is 32.2. The van der Waals surface area contributed by atoms with Crippen LogP contribution in [0.2, 0.25) is 0 Å². The van der Waals surface area contributed by atoms with Crippen molar-refractivity contribution in [3.05, 3.63) is 12.4 Å². The number of rotatable bonds is 4. The molecule has 0 aliphatic rings. The van der Waals surface area contributed by atoms with Crippen LogP contribution >= 0.6 is 0 Å². The van der Waals surface area contributed by atoms with Crippen molar-refractivity contribution >= 4 is 16.2 Å². The maximum Gasteiger partial charge on any atom is 0.301 e. The van der Waals surface area contributed by atoms with Gasteiger partial charge < -0.3 is 4.98 Å². The number of nitrogens with zero attached hydrogens (tertiary/aromatic N) is 1. The van der Waals surface area contributed by atoms with E-state index in [9.17, 15) is 8.42 Å². The third kappa shape index (κ3) is 2.51. The zero-order chi connectivity index (χ0) is 9.03. The highest BCUT2D eigenvalue weighted by Crippen LogP contribution is 1.96. The zero-order valence-electron chi connectivity index (χ0n) is 6.53. The Morgan fingerprint density at radius 1 is 1.67 bits per heavy atom. The second-order valence-electron chi connectivity index (χ2n) is 2.04. The van der Waals surface area contributed by atoms with Crippen molar-refractivity contribution in [1.82, 2.24) is 14.7 Å². The lowest BCUT2D eigenvalue weighted by Gasteiger charge is -2.03. The molecule has 12 heavy (non-hydrogen) atoms. The first-order valence-electron chi connectivity index (χ1n) is 3.41. The first kappa shape index (κ1) is 9.01. The second-order valence-corrected chi connectivity index (χ2v) is 3.54. The normalized spacial score (nSPS) is 11.4. The van der Waals surface area contributed by atoms with Crippen LogP contribution in [0.3, 0.4) is 0 Å². The molecule has 0 spiro atoms. The van der Waals surface area contributed by atoms with Gasteiger partial charge in [-0.05, 0) is 0 Å². The molecular weight excluding hydrogens is 180 g/mol. The fourth-order valence-electron chi connectivity index (χ4n) is 0.674. The lowest BCUT2D eigenvalue weighted by Crippen LogP contribution is -2.30. The Morgan fingerprint density at radius 3 is 2.92 bits per heavy atom. The molecule has 0 fully saturated rings. The Kier molecular flexibility index (Phi) is 2.66. The van der Waals surface area contributed by atoms with Crippen LogP contribution in [0, 0.1) is 0 Å². The highest BCUT2D eigenvalue weighted by molar-refractivity contribution is 7.90. The number of hydrogen-bond donors (Lipinski definition) is 3. The van der Waals surface area contributed by atoms with E-state index in [1.54, 1.807) is 6.92 Å². The largest absolute Gasteiger partial charge is 0.330 e. The van der Waals surface area contributed by atoms with E-state index in [-0.39, 0.29) is 5.95 Å². The second kappa shape index (κ2) is 3.55. The van der Waals surface area contributed by atoms with Crippen LogP contribution in [-0.2, 0) is 10.2 Å². The van der Waals surface area contributed by atoms with Gasteiger partial charge in [0.2, 0.25) is 5.95 Å². The summed E-state index contributed by atoms with van der Waals surface area (Å²) in [5.41, 5.74) is 0. The van der Waals surface area contributed by atoms with E-state index in [0.717, 1.165) is 0 Å². The third-order valence-corrected chi connectivity index (χ3v) is 2.19. The SMILES string of the molecule is CCNS(=O)(=O)Nc1ncc[nH]1. The van der Waals surface area contributed by atoms with Crippen molar-refractivity contribution in [2.75, 3.05) is 11.3 Å². The smallest absolute Gasteiger partial charge is 0.301 e. The van der Waals surface area contributed by atoms with Gasteiger partial charge in [0.1, 0.15) is 0 Å². The molecule has 0 atom stereocenters. The lowest BCUT2D eigenvalue weighted by atomic mass is 10.8. The predicted octanol–water partition coefficient (Wildman–Crippen LogP) is -0.324. The molecule has 1 heterocycles. The number of H-pyrrole nitrogens is 1. The minimum absolute atomic E-state index is 0.205. The van der Waals surface area contributed by atoms with E-state index in [1.165, 1.54) is 12.4 Å².